The van der Waals surface area contributed by atoms with Crippen LogP contribution >= 0.6 is 0 Å². The van der Waals surface area contributed by atoms with Crippen LogP contribution in [0.15, 0.2) is 72.0 Å². The normalized spacial score (nSPS) is 21.5. The van der Waals surface area contributed by atoms with Gasteiger partial charge in [0.25, 0.3) is 5.91 Å². The van der Waals surface area contributed by atoms with Crippen LogP contribution < -0.4 is 20.5 Å². The Balaban J connectivity index is 1.33. The molecule has 4 rings (SSSR count). The lowest BCUT2D eigenvalue weighted by molar-refractivity contribution is -0.274. The number of alkyl halides is 3. The number of carbonyl (C=O) groups is 1. The van der Waals surface area contributed by atoms with Gasteiger partial charge in [-0.2, -0.15) is 0 Å². The van der Waals surface area contributed by atoms with Crippen LogP contribution in [-0.4, -0.2) is 26.0 Å². The fourth-order valence-corrected chi connectivity index (χ4v) is 4.15. The maximum Gasteiger partial charge on any atom is 0.573 e. The summed E-state index contributed by atoms with van der Waals surface area (Å²) in [6.45, 7) is 0.899. The maximum absolute atomic E-state index is 12.7. The van der Waals surface area contributed by atoms with Gasteiger partial charge in [-0.15, -0.1) is 13.2 Å². The van der Waals surface area contributed by atoms with Crippen molar-refractivity contribution in [2.45, 2.75) is 25.7 Å². The molecular weight excluding hydrogens is 449 g/mol. The Morgan fingerprint density at radius 3 is 2.59 bits per heavy atom. The highest BCUT2D eigenvalue weighted by atomic mass is 19.4. The molecule has 0 aliphatic heterocycles. The number of hydrogen-bond donors (Lipinski definition) is 2. The van der Waals surface area contributed by atoms with E-state index in [-0.39, 0.29) is 29.4 Å². The van der Waals surface area contributed by atoms with Gasteiger partial charge in [0.15, 0.2) is 0 Å². The van der Waals surface area contributed by atoms with Crippen molar-refractivity contribution in [1.29, 1.82) is 0 Å². The van der Waals surface area contributed by atoms with Crippen molar-refractivity contribution in [3.05, 3.63) is 77.5 Å². The molecule has 0 heterocycles. The van der Waals surface area contributed by atoms with Crippen LogP contribution in [0.25, 0.3) is 0 Å². The standard InChI is InChI=1S/C25H25F3N2O4/c1-32-15-24-10-9-21(22(29)11-17(24)13-24)23(31)30-14-16-5-7-18(8-6-16)33-19-3-2-4-20(12-19)34-25(26,27)28/h2-10,12,17H,11,13-15,29H2,1H3,(H,30,31). The third kappa shape index (κ3) is 5.72. The molecule has 0 saturated heterocycles. The Morgan fingerprint density at radius 1 is 1.15 bits per heavy atom. The van der Waals surface area contributed by atoms with Crippen LogP contribution in [0, 0.1) is 11.3 Å². The van der Waals surface area contributed by atoms with E-state index in [4.69, 9.17) is 15.2 Å². The summed E-state index contributed by atoms with van der Waals surface area (Å²) in [5.74, 6) is 0.429. The van der Waals surface area contributed by atoms with Crippen molar-refractivity contribution < 1.29 is 32.2 Å². The SMILES string of the molecule is COCC12C=CC(C(=O)NCc3ccc(Oc4cccc(OC(F)(F)F)c4)cc3)=C(N)CC1C2. The van der Waals surface area contributed by atoms with Gasteiger partial charge < -0.3 is 25.3 Å². The molecule has 2 aromatic rings. The summed E-state index contributed by atoms with van der Waals surface area (Å²) < 4.78 is 52.0. The molecule has 2 aromatic carbocycles. The van der Waals surface area contributed by atoms with E-state index in [1.165, 1.54) is 18.2 Å². The molecule has 180 valence electrons. The molecule has 0 bridgehead atoms. The molecule has 0 aromatic heterocycles. The third-order valence-electron chi connectivity index (χ3n) is 5.98. The first-order chi connectivity index (χ1) is 16.2. The van der Waals surface area contributed by atoms with Crippen LogP contribution in [-0.2, 0) is 16.1 Å². The monoisotopic (exact) mass is 474 g/mol. The van der Waals surface area contributed by atoms with Crippen LogP contribution in [0.1, 0.15) is 18.4 Å². The first-order valence-electron chi connectivity index (χ1n) is 10.7. The smallest absolute Gasteiger partial charge is 0.457 e. The molecule has 0 radical (unpaired) electrons. The van der Waals surface area contributed by atoms with Gasteiger partial charge in [-0.25, -0.2) is 0 Å². The molecule has 1 amide bonds. The second-order valence-electron chi connectivity index (χ2n) is 8.49. The minimum Gasteiger partial charge on any atom is -0.457 e. The third-order valence-corrected chi connectivity index (χ3v) is 5.98. The second kappa shape index (κ2) is 9.42. The van der Waals surface area contributed by atoms with Gasteiger partial charge in [-0.05, 0) is 48.6 Å². The number of allylic oxidation sites excluding steroid dienone is 1. The van der Waals surface area contributed by atoms with E-state index in [0.717, 1.165) is 18.1 Å². The number of ether oxygens (including phenoxy) is 3. The summed E-state index contributed by atoms with van der Waals surface area (Å²) in [6, 6.07) is 12.1. The number of hydrogen-bond acceptors (Lipinski definition) is 5. The van der Waals surface area contributed by atoms with Gasteiger partial charge in [-0.1, -0.05) is 30.4 Å². The quantitative estimate of drug-likeness (QED) is 0.573. The van der Waals surface area contributed by atoms with Gasteiger partial charge >= 0.3 is 6.36 Å². The first kappa shape index (κ1) is 23.7. The highest BCUT2D eigenvalue weighted by Gasteiger charge is 2.53. The predicted molar refractivity (Wildman–Crippen MR) is 119 cm³/mol. The number of nitrogens with two attached hydrogens (primary N) is 1. The lowest BCUT2D eigenvalue weighted by Crippen LogP contribution is -2.26. The Morgan fingerprint density at radius 2 is 1.88 bits per heavy atom. The zero-order chi connectivity index (χ0) is 24.3. The van der Waals surface area contributed by atoms with Gasteiger partial charge in [0.05, 0.1) is 12.2 Å². The Labute approximate surface area is 195 Å². The minimum atomic E-state index is -4.77. The molecule has 1 saturated carbocycles. The number of amides is 1. The minimum absolute atomic E-state index is 0.0182. The molecule has 9 heteroatoms. The number of nitrogens with one attached hydrogen (secondary N) is 1. The largest absolute Gasteiger partial charge is 0.573 e. The lowest BCUT2D eigenvalue weighted by Gasteiger charge is -2.11. The van der Waals surface area contributed by atoms with Crippen LogP contribution in [0.3, 0.4) is 0 Å². The van der Waals surface area contributed by atoms with Crippen molar-refractivity contribution in [1.82, 2.24) is 5.32 Å². The van der Waals surface area contributed by atoms with Gasteiger partial charge in [-0.3, -0.25) is 4.79 Å². The molecule has 3 N–H and O–H groups in total. The first-order valence-corrected chi connectivity index (χ1v) is 10.7. The summed E-state index contributed by atoms with van der Waals surface area (Å²) >= 11 is 0. The number of rotatable bonds is 8. The van der Waals surface area contributed by atoms with Crippen molar-refractivity contribution in [3.63, 3.8) is 0 Å². The number of methoxy groups -OCH3 is 1. The molecule has 2 aliphatic rings. The Kier molecular flexibility index (Phi) is 6.56. The fraction of sp³-hybridized carbons (Fsp3) is 0.320. The average molecular weight is 474 g/mol. The van der Waals surface area contributed by atoms with Gasteiger partial charge in [0.1, 0.15) is 17.2 Å². The van der Waals surface area contributed by atoms with E-state index in [9.17, 15) is 18.0 Å². The molecule has 1 fully saturated rings. The summed E-state index contributed by atoms with van der Waals surface area (Å²) in [6.07, 6.45) is 0.742. The Hall–Kier alpha value is -3.46. The number of fused-ring (bicyclic) bond motifs is 1. The highest BCUT2D eigenvalue weighted by Crippen LogP contribution is 2.58. The van der Waals surface area contributed by atoms with E-state index in [2.05, 4.69) is 10.1 Å². The zero-order valence-electron chi connectivity index (χ0n) is 18.5. The van der Waals surface area contributed by atoms with Crippen molar-refractivity contribution >= 4 is 5.91 Å². The van der Waals surface area contributed by atoms with Crippen LogP contribution in [0.2, 0.25) is 0 Å². The van der Waals surface area contributed by atoms with E-state index in [1.54, 1.807) is 37.5 Å². The van der Waals surface area contributed by atoms with Crippen molar-refractivity contribution in [3.8, 4) is 17.2 Å². The molecular formula is C25H25F3N2O4. The maximum atomic E-state index is 12.7. The molecule has 2 unspecified atom stereocenters. The summed E-state index contributed by atoms with van der Waals surface area (Å²) in [4.78, 5) is 12.7. The van der Waals surface area contributed by atoms with Crippen molar-refractivity contribution in [2.24, 2.45) is 17.1 Å². The topological polar surface area (TPSA) is 82.8 Å². The molecule has 2 aliphatic carbocycles. The summed E-state index contributed by atoms with van der Waals surface area (Å²) in [5, 5.41) is 2.88. The van der Waals surface area contributed by atoms with Crippen LogP contribution in [0.4, 0.5) is 13.2 Å². The average Bonchev–Trinajstić information content (AvgIpc) is 3.45. The molecule has 0 spiro atoms. The molecule has 34 heavy (non-hydrogen) atoms. The number of halogens is 3. The number of benzene rings is 2. The number of carbonyl (C=O) groups excluding carboxylic acids is 1. The van der Waals surface area contributed by atoms with E-state index >= 15 is 0 Å². The van der Waals surface area contributed by atoms with Gasteiger partial charge in [0, 0.05) is 30.8 Å². The zero-order valence-corrected chi connectivity index (χ0v) is 18.5. The fourth-order valence-electron chi connectivity index (χ4n) is 4.15. The predicted octanol–water partition coefficient (Wildman–Crippen LogP) is 4.82. The summed E-state index contributed by atoms with van der Waals surface area (Å²) in [7, 11) is 1.67. The van der Waals surface area contributed by atoms with E-state index < -0.39 is 6.36 Å². The van der Waals surface area contributed by atoms with E-state index in [0.29, 0.717) is 36.0 Å². The Bertz CT molecular complexity index is 1110. The molecule has 6 nitrogen and oxygen atoms in total. The molecule has 2 atom stereocenters. The second-order valence-corrected chi connectivity index (χ2v) is 8.49. The highest BCUT2D eigenvalue weighted by molar-refractivity contribution is 5.97. The van der Waals surface area contributed by atoms with Crippen LogP contribution in [0.5, 0.6) is 17.2 Å². The van der Waals surface area contributed by atoms with E-state index in [1.807, 2.05) is 6.08 Å². The van der Waals surface area contributed by atoms with Gasteiger partial charge in [0.2, 0.25) is 0 Å². The lowest BCUT2D eigenvalue weighted by atomic mass is 10.0. The summed E-state index contributed by atoms with van der Waals surface area (Å²) in [5.41, 5.74) is 8.06. The van der Waals surface area contributed by atoms with Crippen molar-refractivity contribution in [2.75, 3.05) is 13.7 Å².